The SMILES string of the molecule is CO[Si](C)(CSSCSSC[Si](C)(OC)OC)OC. The second-order valence-corrected chi connectivity index (χ2v) is 17.2. The van der Waals surface area contributed by atoms with Crippen LogP contribution in [-0.2, 0) is 17.7 Å². The van der Waals surface area contributed by atoms with Crippen LogP contribution < -0.4 is 0 Å². The molecule has 0 unspecified atom stereocenters. The summed E-state index contributed by atoms with van der Waals surface area (Å²) in [6.45, 7) is 4.16. The van der Waals surface area contributed by atoms with Crippen LogP contribution in [0.4, 0.5) is 0 Å². The van der Waals surface area contributed by atoms with Gasteiger partial charge in [-0.05, 0) is 13.1 Å². The zero-order valence-corrected chi connectivity index (χ0v) is 17.7. The van der Waals surface area contributed by atoms with Gasteiger partial charge in [-0.2, -0.15) is 0 Å². The Hall–Kier alpha value is 1.67. The van der Waals surface area contributed by atoms with E-state index >= 15 is 0 Å². The molecule has 0 bridgehead atoms. The summed E-state index contributed by atoms with van der Waals surface area (Å²) in [5.74, 6) is 0. The fourth-order valence-corrected chi connectivity index (χ4v) is 14.1. The second kappa shape index (κ2) is 11.3. The van der Waals surface area contributed by atoms with Crippen molar-refractivity contribution in [3.05, 3.63) is 0 Å². The van der Waals surface area contributed by atoms with Crippen molar-refractivity contribution >= 4 is 60.3 Å². The van der Waals surface area contributed by atoms with Crippen LogP contribution in [0.15, 0.2) is 0 Å². The molecule has 0 aliphatic carbocycles. The molecule has 0 spiro atoms. The summed E-state index contributed by atoms with van der Waals surface area (Å²) in [5.41, 5.74) is 0. The first-order chi connectivity index (χ1) is 8.95. The van der Waals surface area contributed by atoms with Gasteiger partial charge in [0.05, 0.1) is 5.08 Å². The Bertz CT molecular complexity index is 208. The van der Waals surface area contributed by atoms with Crippen LogP contribution in [0.2, 0.25) is 13.1 Å². The predicted octanol–water partition coefficient (Wildman–Crippen LogP) is 3.51. The highest BCUT2D eigenvalue weighted by molar-refractivity contribution is 8.85. The summed E-state index contributed by atoms with van der Waals surface area (Å²) in [7, 11) is 10.4. The molecule has 0 heterocycles. The molecule has 0 saturated carbocycles. The normalized spacial score (nSPS) is 12.9. The van der Waals surface area contributed by atoms with Gasteiger partial charge in [0.15, 0.2) is 0 Å². The van der Waals surface area contributed by atoms with Crippen molar-refractivity contribution in [3.8, 4) is 0 Å². The molecule has 0 radical (unpaired) electrons. The van der Waals surface area contributed by atoms with Crippen LogP contribution in [-0.4, -0.2) is 61.4 Å². The number of hydrogen-bond donors (Lipinski definition) is 0. The molecule has 0 rings (SSSR count). The van der Waals surface area contributed by atoms with Gasteiger partial charge in [0, 0.05) is 39.2 Å². The lowest BCUT2D eigenvalue weighted by Crippen LogP contribution is -2.39. The zero-order valence-electron chi connectivity index (χ0n) is 12.4. The molecule has 116 valence electrons. The molecule has 19 heavy (non-hydrogen) atoms. The van der Waals surface area contributed by atoms with E-state index in [1.807, 2.05) is 43.2 Å². The van der Waals surface area contributed by atoms with E-state index in [9.17, 15) is 0 Å². The number of rotatable bonds is 12. The summed E-state index contributed by atoms with van der Waals surface area (Å²) >= 11 is 0. The van der Waals surface area contributed by atoms with Crippen LogP contribution >= 0.6 is 43.2 Å². The van der Waals surface area contributed by atoms with Gasteiger partial charge in [-0.15, -0.1) is 0 Å². The van der Waals surface area contributed by atoms with Gasteiger partial charge in [0.25, 0.3) is 0 Å². The third kappa shape index (κ3) is 9.32. The molecule has 0 amide bonds. The van der Waals surface area contributed by atoms with E-state index in [0.29, 0.717) is 0 Å². The molecule has 0 aliphatic heterocycles. The monoisotopic (exact) mass is 380 g/mol. The van der Waals surface area contributed by atoms with E-state index in [2.05, 4.69) is 13.1 Å². The minimum atomic E-state index is -1.91. The quantitative estimate of drug-likeness (QED) is 0.220. The van der Waals surface area contributed by atoms with E-state index in [1.165, 1.54) is 0 Å². The van der Waals surface area contributed by atoms with Crippen LogP contribution in [0.5, 0.6) is 0 Å². The Balaban J connectivity index is 3.56. The summed E-state index contributed by atoms with van der Waals surface area (Å²) in [4.78, 5) is 0. The average molecular weight is 381 g/mol. The van der Waals surface area contributed by atoms with Crippen LogP contribution in [0.1, 0.15) is 0 Å². The maximum Gasteiger partial charge on any atom is 0.345 e. The van der Waals surface area contributed by atoms with Crippen molar-refractivity contribution in [2.45, 2.75) is 13.1 Å². The van der Waals surface area contributed by atoms with E-state index < -0.39 is 17.1 Å². The first-order valence-corrected chi connectivity index (χ1v) is 15.7. The molecule has 0 saturated heterocycles. The highest BCUT2D eigenvalue weighted by Gasteiger charge is 2.29. The summed E-state index contributed by atoms with van der Waals surface area (Å²) in [6, 6.07) is 0. The Morgan fingerprint density at radius 1 is 0.632 bits per heavy atom. The lowest BCUT2D eigenvalue weighted by Gasteiger charge is -2.22. The van der Waals surface area contributed by atoms with Gasteiger partial charge >= 0.3 is 17.1 Å². The molecule has 4 nitrogen and oxygen atoms in total. The average Bonchev–Trinajstić information content (AvgIpc) is 2.45. The van der Waals surface area contributed by atoms with Gasteiger partial charge < -0.3 is 17.7 Å². The van der Waals surface area contributed by atoms with Crippen LogP contribution in [0.3, 0.4) is 0 Å². The smallest absolute Gasteiger partial charge is 0.345 e. The van der Waals surface area contributed by atoms with Gasteiger partial charge in [-0.25, -0.2) is 0 Å². The summed E-state index contributed by atoms with van der Waals surface area (Å²) < 4.78 is 21.7. The Kier molecular flexibility index (Phi) is 12.3. The van der Waals surface area contributed by atoms with Gasteiger partial charge in [-0.1, -0.05) is 43.2 Å². The topological polar surface area (TPSA) is 36.9 Å². The first-order valence-electron chi connectivity index (χ1n) is 5.64. The Labute approximate surface area is 135 Å². The molecule has 0 aromatic heterocycles. The van der Waals surface area contributed by atoms with Crippen molar-refractivity contribution in [1.29, 1.82) is 0 Å². The largest absolute Gasteiger partial charge is 0.397 e. The molecule has 0 N–H and O–H groups in total. The highest BCUT2D eigenvalue weighted by atomic mass is 33.1. The lowest BCUT2D eigenvalue weighted by molar-refractivity contribution is 0.256. The minimum absolute atomic E-state index is 0.943. The van der Waals surface area contributed by atoms with E-state index in [1.54, 1.807) is 28.4 Å². The minimum Gasteiger partial charge on any atom is -0.397 e. The molecule has 0 atom stereocenters. The van der Waals surface area contributed by atoms with Crippen LogP contribution in [0, 0.1) is 0 Å². The highest BCUT2D eigenvalue weighted by Crippen LogP contribution is 2.34. The third-order valence-electron chi connectivity index (χ3n) is 2.63. The standard InChI is InChI=1S/C9H24O4S4Si2/c1-10-18(5,11-2)8-16-14-7-15-17-9-19(6,12-3)13-4/h7-9H2,1-6H3. The van der Waals surface area contributed by atoms with Crippen molar-refractivity contribution in [2.24, 2.45) is 0 Å². The second-order valence-electron chi connectivity index (χ2n) is 3.96. The maximum absolute atomic E-state index is 5.43. The first kappa shape index (κ1) is 20.7. The lowest BCUT2D eigenvalue weighted by atomic mass is 11.8. The molecular formula is C9H24O4S4Si2. The maximum atomic E-state index is 5.43. The van der Waals surface area contributed by atoms with Gasteiger partial charge in [0.2, 0.25) is 0 Å². The van der Waals surface area contributed by atoms with Gasteiger partial charge in [-0.3, -0.25) is 0 Å². The fraction of sp³-hybridized carbons (Fsp3) is 1.00. The molecule has 0 aromatic rings. The Morgan fingerprint density at radius 3 is 1.21 bits per heavy atom. The molecule has 0 aliphatic rings. The predicted molar refractivity (Wildman–Crippen MR) is 96.2 cm³/mol. The molecule has 0 aromatic carbocycles. The summed E-state index contributed by atoms with van der Waals surface area (Å²) in [5, 5.41) is 2.92. The van der Waals surface area contributed by atoms with E-state index in [-0.39, 0.29) is 0 Å². The Morgan fingerprint density at radius 2 is 0.947 bits per heavy atom. The van der Waals surface area contributed by atoms with E-state index in [0.717, 1.165) is 15.8 Å². The molecule has 10 heteroatoms. The van der Waals surface area contributed by atoms with Crippen molar-refractivity contribution in [2.75, 3.05) is 44.3 Å². The third-order valence-corrected chi connectivity index (χ3v) is 17.2. The van der Waals surface area contributed by atoms with Crippen molar-refractivity contribution in [1.82, 2.24) is 0 Å². The van der Waals surface area contributed by atoms with Crippen LogP contribution in [0.25, 0.3) is 0 Å². The fourth-order valence-electron chi connectivity index (χ4n) is 0.787. The molecule has 0 fully saturated rings. The zero-order chi connectivity index (χ0) is 14.8. The van der Waals surface area contributed by atoms with Crippen molar-refractivity contribution in [3.63, 3.8) is 0 Å². The summed E-state index contributed by atoms with van der Waals surface area (Å²) in [6.07, 6.45) is 0. The van der Waals surface area contributed by atoms with E-state index in [4.69, 9.17) is 17.7 Å². The van der Waals surface area contributed by atoms with Crippen molar-refractivity contribution < 1.29 is 17.7 Å². The number of hydrogen-bond acceptors (Lipinski definition) is 8. The van der Waals surface area contributed by atoms with Gasteiger partial charge in [0.1, 0.15) is 0 Å². The molecular weight excluding hydrogens is 357 g/mol.